The second kappa shape index (κ2) is 9.56. The Labute approximate surface area is 187 Å². The van der Waals surface area contributed by atoms with Gasteiger partial charge in [-0.2, -0.15) is 0 Å². The predicted molar refractivity (Wildman–Crippen MR) is 122 cm³/mol. The zero-order chi connectivity index (χ0) is 22.7. The third-order valence-electron chi connectivity index (χ3n) is 5.93. The van der Waals surface area contributed by atoms with Crippen LogP contribution in [0.25, 0.3) is 11.0 Å². The summed E-state index contributed by atoms with van der Waals surface area (Å²) in [5.74, 6) is 0.855. The van der Waals surface area contributed by atoms with E-state index in [0.717, 1.165) is 35.5 Å². The van der Waals surface area contributed by atoms with E-state index in [0.29, 0.717) is 19.6 Å². The first-order valence-corrected chi connectivity index (χ1v) is 11.0. The van der Waals surface area contributed by atoms with Crippen molar-refractivity contribution in [2.75, 3.05) is 33.3 Å². The van der Waals surface area contributed by atoms with Gasteiger partial charge in [0, 0.05) is 32.7 Å². The van der Waals surface area contributed by atoms with Gasteiger partial charge in [-0.15, -0.1) is 0 Å². The molecule has 1 saturated heterocycles. The summed E-state index contributed by atoms with van der Waals surface area (Å²) in [7, 11) is 1.46. The Balaban J connectivity index is 1.34. The molecule has 170 valence electrons. The van der Waals surface area contributed by atoms with Crippen LogP contribution in [0.5, 0.6) is 5.75 Å². The SMILES string of the molecule is COc1ccc(CN2CCN(C(=O)NC(c3nc4ccccc4[nH]3)C(C)C)CC2)cc1F. The maximum atomic E-state index is 14.0. The fourth-order valence-electron chi connectivity index (χ4n) is 4.07. The fraction of sp³-hybridized carbons (Fsp3) is 0.417. The number of halogens is 1. The summed E-state index contributed by atoms with van der Waals surface area (Å²) in [6.07, 6.45) is 0. The maximum Gasteiger partial charge on any atom is 0.318 e. The van der Waals surface area contributed by atoms with Crippen LogP contribution < -0.4 is 10.1 Å². The molecule has 3 aromatic rings. The molecule has 4 rings (SSSR count). The van der Waals surface area contributed by atoms with Gasteiger partial charge in [0.2, 0.25) is 0 Å². The molecule has 0 radical (unpaired) electrons. The third-order valence-corrected chi connectivity index (χ3v) is 5.93. The Morgan fingerprint density at radius 1 is 1.19 bits per heavy atom. The van der Waals surface area contributed by atoms with Crippen molar-refractivity contribution >= 4 is 17.1 Å². The zero-order valence-electron chi connectivity index (χ0n) is 18.8. The van der Waals surface area contributed by atoms with Crippen LogP contribution in [0.4, 0.5) is 9.18 Å². The van der Waals surface area contributed by atoms with Crippen molar-refractivity contribution in [2.45, 2.75) is 26.4 Å². The highest BCUT2D eigenvalue weighted by Crippen LogP contribution is 2.23. The van der Waals surface area contributed by atoms with Gasteiger partial charge in [-0.05, 0) is 35.7 Å². The molecule has 2 heterocycles. The summed E-state index contributed by atoms with van der Waals surface area (Å²) in [4.78, 5) is 25.1. The first kappa shape index (κ1) is 22.1. The quantitative estimate of drug-likeness (QED) is 0.610. The van der Waals surface area contributed by atoms with Crippen LogP contribution >= 0.6 is 0 Å². The first-order valence-electron chi connectivity index (χ1n) is 11.0. The zero-order valence-corrected chi connectivity index (χ0v) is 18.8. The van der Waals surface area contributed by atoms with Crippen LogP contribution in [-0.4, -0.2) is 59.1 Å². The van der Waals surface area contributed by atoms with E-state index < -0.39 is 0 Å². The van der Waals surface area contributed by atoms with Crippen molar-refractivity contribution < 1.29 is 13.9 Å². The highest BCUT2D eigenvalue weighted by atomic mass is 19.1. The lowest BCUT2D eigenvalue weighted by Gasteiger charge is -2.35. The second-order valence-electron chi connectivity index (χ2n) is 8.54. The number of fused-ring (bicyclic) bond motifs is 1. The number of piperazine rings is 1. The van der Waals surface area contributed by atoms with Crippen LogP contribution in [0.3, 0.4) is 0 Å². The molecule has 1 aliphatic heterocycles. The van der Waals surface area contributed by atoms with Gasteiger partial charge >= 0.3 is 6.03 Å². The van der Waals surface area contributed by atoms with Gasteiger partial charge in [-0.3, -0.25) is 4.90 Å². The number of carbonyl (C=O) groups excluding carboxylic acids is 1. The lowest BCUT2D eigenvalue weighted by Crippen LogP contribution is -2.52. The second-order valence-corrected chi connectivity index (χ2v) is 8.54. The van der Waals surface area contributed by atoms with Crippen molar-refractivity contribution in [3.8, 4) is 5.75 Å². The molecule has 8 heteroatoms. The number of methoxy groups -OCH3 is 1. The van der Waals surface area contributed by atoms with Crippen LogP contribution in [0, 0.1) is 11.7 Å². The van der Waals surface area contributed by atoms with Crippen LogP contribution in [0.1, 0.15) is 31.3 Å². The molecule has 0 saturated carbocycles. The molecular weight excluding hydrogens is 409 g/mol. The van der Waals surface area contributed by atoms with Crippen molar-refractivity contribution in [1.82, 2.24) is 25.1 Å². The topological polar surface area (TPSA) is 73.5 Å². The van der Waals surface area contributed by atoms with Gasteiger partial charge in [0.1, 0.15) is 5.82 Å². The van der Waals surface area contributed by atoms with E-state index in [9.17, 15) is 9.18 Å². The normalized spacial score (nSPS) is 15.8. The number of hydrogen-bond acceptors (Lipinski definition) is 4. The molecule has 1 unspecified atom stereocenters. The number of urea groups is 1. The van der Waals surface area contributed by atoms with E-state index in [1.165, 1.54) is 13.2 Å². The molecule has 2 aromatic carbocycles. The molecule has 0 aliphatic carbocycles. The average Bonchev–Trinajstić information content (AvgIpc) is 3.21. The highest BCUT2D eigenvalue weighted by molar-refractivity contribution is 5.76. The summed E-state index contributed by atoms with van der Waals surface area (Å²) in [5.41, 5.74) is 2.75. The lowest BCUT2D eigenvalue weighted by atomic mass is 10.0. The van der Waals surface area contributed by atoms with E-state index in [-0.39, 0.29) is 29.6 Å². The molecule has 1 atom stereocenters. The number of rotatable bonds is 6. The summed E-state index contributed by atoms with van der Waals surface area (Å²) < 4.78 is 18.9. The maximum absolute atomic E-state index is 14.0. The summed E-state index contributed by atoms with van der Waals surface area (Å²) in [6.45, 7) is 7.50. The third kappa shape index (κ3) is 4.85. The molecule has 0 spiro atoms. The molecule has 2 N–H and O–H groups in total. The molecule has 1 aliphatic rings. The fourth-order valence-corrected chi connectivity index (χ4v) is 4.07. The molecule has 1 fully saturated rings. The number of ether oxygens (including phenoxy) is 1. The number of benzene rings is 2. The lowest BCUT2D eigenvalue weighted by molar-refractivity contribution is 0.131. The van der Waals surface area contributed by atoms with E-state index in [1.807, 2.05) is 35.2 Å². The number of imidazole rings is 1. The van der Waals surface area contributed by atoms with E-state index >= 15 is 0 Å². The van der Waals surface area contributed by atoms with Gasteiger partial charge in [0.15, 0.2) is 11.6 Å². The number of hydrogen-bond donors (Lipinski definition) is 2. The number of carbonyl (C=O) groups is 1. The van der Waals surface area contributed by atoms with Crippen LogP contribution in [-0.2, 0) is 6.54 Å². The molecule has 7 nitrogen and oxygen atoms in total. The van der Waals surface area contributed by atoms with Crippen LogP contribution in [0.2, 0.25) is 0 Å². The van der Waals surface area contributed by atoms with Gasteiger partial charge in [-0.25, -0.2) is 14.2 Å². The summed E-state index contributed by atoms with van der Waals surface area (Å²) >= 11 is 0. The van der Waals surface area contributed by atoms with Crippen molar-refractivity contribution in [1.29, 1.82) is 0 Å². The standard InChI is InChI=1S/C24H30FN5O2/c1-16(2)22(23-26-19-6-4-5-7-20(19)27-23)28-24(31)30-12-10-29(11-13-30)15-17-8-9-21(32-3)18(25)14-17/h4-9,14,16,22H,10-13,15H2,1-3H3,(H,26,27)(H,28,31). The Morgan fingerprint density at radius 3 is 2.59 bits per heavy atom. The van der Waals surface area contributed by atoms with E-state index in [2.05, 4.69) is 34.0 Å². The minimum absolute atomic E-state index is 0.0840. The van der Waals surface area contributed by atoms with Crippen molar-refractivity contribution in [3.05, 3.63) is 59.7 Å². The molecule has 0 bridgehead atoms. The molecule has 2 amide bonds. The minimum atomic E-state index is -0.353. The number of amides is 2. The smallest absolute Gasteiger partial charge is 0.318 e. The molecule has 32 heavy (non-hydrogen) atoms. The highest BCUT2D eigenvalue weighted by Gasteiger charge is 2.27. The number of nitrogens with one attached hydrogen (secondary N) is 2. The Kier molecular flexibility index (Phi) is 6.60. The van der Waals surface area contributed by atoms with Gasteiger partial charge in [0.05, 0.1) is 24.2 Å². The van der Waals surface area contributed by atoms with Gasteiger partial charge in [-0.1, -0.05) is 32.0 Å². The van der Waals surface area contributed by atoms with Crippen LogP contribution in [0.15, 0.2) is 42.5 Å². The minimum Gasteiger partial charge on any atom is -0.494 e. The molecule has 1 aromatic heterocycles. The molecular formula is C24H30FN5O2. The summed E-state index contributed by atoms with van der Waals surface area (Å²) in [5, 5.41) is 3.16. The number of nitrogens with zero attached hydrogens (tertiary/aromatic N) is 3. The number of aromatic amines is 1. The van der Waals surface area contributed by atoms with Gasteiger partial charge < -0.3 is 19.9 Å². The number of H-pyrrole nitrogens is 1. The Hall–Kier alpha value is -3.13. The Morgan fingerprint density at radius 2 is 1.94 bits per heavy atom. The van der Waals surface area contributed by atoms with E-state index in [4.69, 9.17) is 4.74 Å². The average molecular weight is 440 g/mol. The largest absolute Gasteiger partial charge is 0.494 e. The number of para-hydroxylation sites is 2. The van der Waals surface area contributed by atoms with Crippen molar-refractivity contribution in [2.24, 2.45) is 5.92 Å². The van der Waals surface area contributed by atoms with Crippen molar-refractivity contribution in [3.63, 3.8) is 0 Å². The number of aromatic nitrogens is 2. The van der Waals surface area contributed by atoms with E-state index in [1.54, 1.807) is 6.07 Å². The Bertz CT molecular complexity index is 1040. The van der Waals surface area contributed by atoms with Gasteiger partial charge in [0.25, 0.3) is 0 Å². The first-order chi connectivity index (χ1) is 15.4. The summed E-state index contributed by atoms with van der Waals surface area (Å²) in [6, 6.07) is 12.6. The monoisotopic (exact) mass is 439 g/mol. The predicted octanol–water partition coefficient (Wildman–Crippen LogP) is 3.94.